The van der Waals surface area contributed by atoms with E-state index in [4.69, 9.17) is 4.74 Å². The SMILES string of the molecule is CCCCCCOC(C)=O.O. The van der Waals surface area contributed by atoms with Crippen molar-refractivity contribution in [3.8, 4) is 0 Å². The Morgan fingerprint density at radius 1 is 1.27 bits per heavy atom. The summed E-state index contributed by atoms with van der Waals surface area (Å²) in [6, 6.07) is 0. The van der Waals surface area contributed by atoms with E-state index in [0.29, 0.717) is 6.61 Å². The number of hydrogen-bond acceptors (Lipinski definition) is 2. The van der Waals surface area contributed by atoms with Gasteiger partial charge in [0, 0.05) is 6.92 Å². The molecule has 0 aromatic carbocycles. The molecule has 0 heterocycles. The summed E-state index contributed by atoms with van der Waals surface area (Å²) in [4.78, 5) is 10.3. The fourth-order valence-corrected chi connectivity index (χ4v) is 0.745. The highest BCUT2D eigenvalue weighted by Gasteiger charge is 1.91. The van der Waals surface area contributed by atoms with Gasteiger partial charge >= 0.3 is 5.97 Å². The molecule has 0 aliphatic carbocycles. The maximum Gasteiger partial charge on any atom is 0.302 e. The Kier molecular flexibility index (Phi) is 11.2. The molecule has 0 amide bonds. The number of rotatable bonds is 5. The number of unbranched alkanes of at least 4 members (excludes halogenated alkanes) is 3. The Bertz CT molecular complexity index is 91.3. The van der Waals surface area contributed by atoms with E-state index in [1.54, 1.807) is 0 Å². The monoisotopic (exact) mass is 162 g/mol. The molecule has 0 aromatic heterocycles. The van der Waals surface area contributed by atoms with E-state index in [1.807, 2.05) is 0 Å². The zero-order valence-corrected chi connectivity index (χ0v) is 7.35. The summed E-state index contributed by atoms with van der Waals surface area (Å²) in [5, 5.41) is 0. The first-order valence-electron chi connectivity index (χ1n) is 3.90. The normalized spacial score (nSPS) is 8.55. The summed E-state index contributed by atoms with van der Waals surface area (Å²) < 4.78 is 4.75. The van der Waals surface area contributed by atoms with E-state index < -0.39 is 0 Å². The molecule has 2 N–H and O–H groups in total. The number of hydrogen-bond donors (Lipinski definition) is 0. The van der Waals surface area contributed by atoms with Crippen molar-refractivity contribution >= 4 is 5.97 Å². The highest BCUT2D eigenvalue weighted by atomic mass is 16.5. The summed E-state index contributed by atoms with van der Waals surface area (Å²) >= 11 is 0. The van der Waals surface area contributed by atoms with Gasteiger partial charge in [0.25, 0.3) is 0 Å². The minimum atomic E-state index is -0.170. The molecule has 0 spiro atoms. The molecule has 0 atom stereocenters. The van der Waals surface area contributed by atoms with Crippen LogP contribution in [0.5, 0.6) is 0 Å². The molecule has 0 aromatic rings. The summed E-state index contributed by atoms with van der Waals surface area (Å²) in [5.41, 5.74) is 0. The Hall–Kier alpha value is -0.570. The summed E-state index contributed by atoms with van der Waals surface area (Å²) in [7, 11) is 0. The van der Waals surface area contributed by atoms with Gasteiger partial charge in [0.15, 0.2) is 0 Å². The van der Waals surface area contributed by atoms with Gasteiger partial charge in [-0.2, -0.15) is 0 Å². The summed E-state index contributed by atoms with van der Waals surface area (Å²) in [6.45, 7) is 4.20. The van der Waals surface area contributed by atoms with Crippen molar-refractivity contribution in [2.75, 3.05) is 6.61 Å². The van der Waals surface area contributed by atoms with Gasteiger partial charge in [-0.25, -0.2) is 0 Å². The van der Waals surface area contributed by atoms with Crippen molar-refractivity contribution in [1.82, 2.24) is 0 Å². The van der Waals surface area contributed by atoms with Crippen LogP contribution in [0.1, 0.15) is 39.5 Å². The summed E-state index contributed by atoms with van der Waals surface area (Å²) in [5.74, 6) is -0.170. The van der Waals surface area contributed by atoms with Crippen molar-refractivity contribution in [1.29, 1.82) is 0 Å². The summed E-state index contributed by atoms with van der Waals surface area (Å²) in [6.07, 6.45) is 4.64. The molecule has 0 bridgehead atoms. The smallest absolute Gasteiger partial charge is 0.302 e. The van der Waals surface area contributed by atoms with Crippen LogP contribution in [0.3, 0.4) is 0 Å². The minimum Gasteiger partial charge on any atom is -0.466 e. The van der Waals surface area contributed by atoms with Gasteiger partial charge in [-0.05, 0) is 6.42 Å². The maximum atomic E-state index is 10.3. The van der Waals surface area contributed by atoms with Crippen LogP contribution in [0.15, 0.2) is 0 Å². The maximum absolute atomic E-state index is 10.3. The highest BCUT2D eigenvalue weighted by molar-refractivity contribution is 5.65. The molecule has 0 saturated carbocycles. The Morgan fingerprint density at radius 2 is 1.91 bits per heavy atom. The van der Waals surface area contributed by atoms with Gasteiger partial charge in [-0.3, -0.25) is 4.79 Å². The lowest BCUT2D eigenvalue weighted by atomic mass is 10.2. The zero-order valence-electron chi connectivity index (χ0n) is 7.35. The van der Waals surface area contributed by atoms with Crippen LogP contribution in [-0.4, -0.2) is 18.1 Å². The third kappa shape index (κ3) is 12.6. The van der Waals surface area contributed by atoms with Crippen LogP contribution in [0.25, 0.3) is 0 Å². The van der Waals surface area contributed by atoms with E-state index in [-0.39, 0.29) is 11.4 Å². The second kappa shape index (κ2) is 9.43. The van der Waals surface area contributed by atoms with Crippen molar-refractivity contribution in [3.63, 3.8) is 0 Å². The standard InChI is InChI=1S/C8H16O2.H2O/c1-3-4-5-6-7-10-8(2)9;/h3-7H2,1-2H3;1H2. The molecule has 0 unspecified atom stereocenters. The predicted molar refractivity (Wildman–Crippen MR) is 44.4 cm³/mol. The zero-order chi connectivity index (χ0) is 7.82. The highest BCUT2D eigenvalue weighted by Crippen LogP contribution is 1.98. The molecule has 68 valence electrons. The third-order valence-corrected chi connectivity index (χ3v) is 1.30. The molecule has 3 heteroatoms. The van der Waals surface area contributed by atoms with Crippen LogP contribution in [0.4, 0.5) is 0 Å². The predicted octanol–water partition coefficient (Wildman–Crippen LogP) is 1.31. The van der Waals surface area contributed by atoms with E-state index in [2.05, 4.69) is 6.92 Å². The molecule has 0 aliphatic heterocycles. The van der Waals surface area contributed by atoms with Gasteiger partial charge in [0.2, 0.25) is 0 Å². The first-order chi connectivity index (χ1) is 4.77. The number of carbonyl (C=O) groups is 1. The lowest BCUT2D eigenvalue weighted by Gasteiger charge is -1.99. The molecule has 0 aliphatic rings. The molecular weight excluding hydrogens is 144 g/mol. The number of ether oxygens (including phenoxy) is 1. The second-order valence-electron chi connectivity index (χ2n) is 2.40. The van der Waals surface area contributed by atoms with Gasteiger partial charge in [-0.15, -0.1) is 0 Å². The Morgan fingerprint density at radius 3 is 2.36 bits per heavy atom. The molecule has 11 heavy (non-hydrogen) atoms. The molecular formula is C8H18O3. The van der Waals surface area contributed by atoms with Gasteiger partial charge in [0.05, 0.1) is 6.61 Å². The molecule has 0 rings (SSSR count). The van der Waals surface area contributed by atoms with E-state index in [0.717, 1.165) is 6.42 Å². The molecule has 0 radical (unpaired) electrons. The van der Waals surface area contributed by atoms with Crippen LogP contribution >= 0.6 is 0 Å². The Labute approximate surface area is 68.0 Å². The molecule has 3 nitrogen and oxygen atoms in total. The number of esters is 1. The van der Waals surface area contributed by atoms with E-state index >= 15 is 0 Å². The van der Waals surface area contributed by atoms with E-state index in [9.17, 15) is 4.79 Å². The second-order valence-corrected chi connectivity index (χ2v) is 2.40. The van der Waals surface area contributed by atoms with Crippen molar-refractivity contribution in [2.45, 2.75) is 39.5 Å². The van der Waals surface area contributed by atoms with Crippen molar-refractivity contribution in [3.05, 3.63) is 0 Å². The van der Waals surface area contributed by atoms with E-state index in [1.165, 1.54) is 26.2 Å². The van der Waals surface area contributed by atoms with Crippen molar-refractivity contribution < 1.29 is 15.0 Å². The van der Waals surface area contributed by atoms with Crippen LogP contribution in [-0.2, 0) is 9.53 Å². The fraction of sp³-hybridized carbons (Fsp3) is 0.875. The minimum absolute atomic E-state index is 0. The molecule has 0 fully saturated rings. The third-order valence-electron chi connectivity index (χ3n) is 1.30. The lowest BCUT2D eigenvalue weighted by Crippen LogP contribution is -1.99. The van der Waals surface area contributed by atoms with Crippen LogP contribution in [0.2, 0.25) is 0 Å². The first kappa shape index (κ1) is 13.1. The Balaban J connectivity index is 0. The lowest BCUT2D eigenvalue weighted by molar-refractivity contribution is -0.141. The largest absolute Gasteiger partial charge is 0.466 e. The molecule has 0 saturated heterocycles. The van der Waals surface area contributed by atoms with Gasteiger partial charge < -0.3 is 10.2 Å². The average molecular weight is 162 g/mol. The number of carbonyl (C=O) groups excluding carboxylic acids is 1. The fourth-order valence-electron chi connectivity index (χ4n) is 0.745. The van der Waals surface area contributed by atoms with Crippen LogP contribution in [0, 0.1) is 0 Å². The topological polar surface area (TPSA) is 57.8 Å². The van der Waals surface area contributed by atoms with Crippen molar-refractivity contribution in [2.24, 2.45) is 0 Å². The van der Waals surface area contributed by atoms with Gasteiger partial charge in [-0.1, -0.05) is 26.2 Å². The van der Waals surface area contributed by atoms with Gasteiger partial charge in [0.1, 0.15) is 0 Å². The quantitative estimate of drug-likeness (QED) is 0.452. The average Bonchev–Trinajstić information content (AvgIpc) is 1.87. The van der Waals surface area contributed by atoms with Crippen LogP contribution < -0.4 is 0 Å². The first-order valence-corrected chi connectivity index (χ1v) is 3.90.